The highest BCUT2D eigenvalue weighted by Crippen LogP contribution is 2.44. The van der Waals surface area contributed by atoms with Crippen LogP contribution in [0.5, 0.6) is 17.2 Å². The van der Waals surface area contributed by atoms with Gasteiger partial charge in [0.15, 0.2) is 17.6 Å². The van der Waals surface area contributed by atoms with E-state index in [0.717, 1.165) is 12.1 Å². The monoisotopic (exact) mass is 324 g/mol. The molecule has 0 aliphatic carbocycles. The summed E-state index contributed by atoms with van der Waals surface area (Å²) in [6, 6.07) is 2.11. The van der Waals surface area contributed by atoms with Gasteiger partial charge in [0.2, 0.25) is 5.75 Å². The SMILES string of the molecule is COc1cc([C@@H](OCC(=O)O)C(F)(F)F)cc(OC)c1OC. The second-order valence-electron chi connectivity index (χ2n) is 4.09. The van der Waals surface area contributed by atoms with Crippen LogP contribution in [0, 0.1) is 0 Å². The second-order valence-corrected chi connectivity index (χ2v) is 4.09. The highest BCUT2D eigenvalue weighted by atomic mass is 19.4. The molecule has 1 aromatic rings. The van der Waals surface area contributed by atoms with Crippen LogP contribution in [-0.2, 0) is 9.53 Å². The Bertz CT molecular complexity index is 504. The van der Waals surface area contributed by atoms with E-state index in [1.165, 1.54) is 21.3 Å². The third-order valence-electron chi connectivity index (χ3n) is 2.66. The second kappa shape index (κ2) is 7.21. The van der Waals surface area contributed by atoms with Gasteiger partial charge in [-0.2, -0.15) is 13.2 Å². The van der Waals surface area contributed by atoms with E-state index in [9.17, 15) is 18.0 Å². The Labute approximate surface area is 124 Å². The van der Waals surface area contributed by atoms with Crippen LogP contribution in [0.3, 0.4) is 0 Å². The summed E-state index contributed by atoms with van der Waals surface area (Å²) in [6.07, 6.45) is -7.24. The summed E-state index contributed by atoms with van der Waals surface area (Å²) < 4.78 is 58.6. The fourth-order valence-corrected chi connectivity index (χ4v) is 1.79. The van der Waals surface area contributed by atoms with E-state index >= 15 is 0 Å². The molecule has 0 radical (unpaired) electrons. The quantitative estimate of drug-likeness (QED) is 0.830. The highest BCUT2D eigenvalue weighted by Gasteiger charge is 2.43. The van der Waals surface area contributed by atoms with Crippen molar-refractivity contribution in [2.24, 2.45) is 0 Å². The van der Waals surface area contributed by atoms with Crippen LogP contribution in [0.25, 0.3) is 0 Å². The van der Waals surface area contributed by atoms with Gasteiger partial charge in [0, 0.05) is 0 Å². The van der Waals surface area contributed by atoms with E-state index in [0.29, 0.717) is 0 Å². The molecule has 0 aromatic heterocycles. The van der Waals surface area contributed by atoms with Gasteiger partial charge in [0.05, 0.1) is 21.3 Å². The highest BCUT2D eigenvalue weighted by molar-refractivity contribution is 5.68. The number of alkyl halides is 3. The number of carboxylic acid groups (broad SMARTS) is 1. The van der Waals surface area contributed by atoms with Crippen LogP contribution in [-0.4, -0.2) is 45.2 Å². The summed E-state index contributed by atoms with van der Waals surface area (Å²) in [4.78, 5) is 10.4. The average molecular weight is 324 g/mol. The lowest BCUT2D eigenvalue weighted by atomic mass is 10.1. The molecular weight excluding hydrogens is 309 g/mol. The van der Waals surface area contributed by atoms with Gasteiger partial charge >= 0.3 is 12.1 Å². The van der Waals surface area contributed by atoms with Crippen molar-refractivity contribution in [3.8, 4) is 17.2 Å². The first kappa shape index (κ1) is 17.9. The van der Waals surface area contributed by atoms with Gasteiger partial charge in [-0.15, -0.1) is 0 Å². The van der Waals surface area contributed by atoms with Gasteiger partial charge in [-0.25, -0.2) is 4.79 Å². The normalized spacial score (nSPS) is 12.6. The Morgan fingerprint density at radius 1 is 1.14 bits per heavy atom. The van der Waals surface area contributed by atoms with Crippen molar-refractivity contribution in [2.45, 2.75) is 12.3 Å². The molecule has 0 saturated carbocycles. The van der Waals surface area contributed by atoms with Crippen LogP contribution < -0.4 is 14.2 Å². The molecule has 0 aliphatic rings. The lowest BCUT2D eigenvalue weighted by molar-refractivity contribution is -0.225. The summed E-state index contributed by atoms with van der Waals surface area (Å²) >= 11 is 0. The van der Waals surface area contributed by atoms with Gasteiger partial charge in [-0.05, 0) is 17.7 Å². The van der Waals surface area contributed by atoms with Crippen molar-refractivity contribution in [3.05, 3.63) is 17.7 Å². The van der Waals surface area contributed by atoms with E-state index in [-0.39, 0.29) is 22.8 Å². The summed E-state index contributed by atoms with van der Waals surface area (Å²) in [6.45, 7) is -1.10. The number of halogens is 3. The molecule has 9 heteroatoms. The fourth-order valence-electron chi connectivity index (χ4n) is 1.79. The van der Waals surface area contributed by atoms with Crippen molar-refractivity contribution in [1.29, 1.82) is 0 Å². The molecule has 0 spiro atoms. The summed E-state index contributed by atoms with van der Waals surface area (Å²) in [7, 11) is 3.81. The number of aliphatic carboxylic acids is 1. The maximum Gasteiger partial charge on any atom is 0.418 e. The zero-order chi connectivity index (χ0) is 16.9. The molecule has 1 N–H and O–H groups in total. The maximum absolute atomic E-state index is 13.1. The molecule has 0 bridgehead atoms. The van der Waals surface area contributed by atoms with Crippen molar-refractivity contribution in [2.75, 3.05) is 27.9 Å². The minimum absolute atomic E-state index is 0.00465. The molecule has 0 amide bonds. The van der Waals surface area contributed by atoms with Crippen LogP contribution >= 0.6 is 0 Å². The van der Waals surface area contributed by atoms with E-state index in [2.05, 4.69) is 4.74 Å². The van der Waals surface area contributed by atoms with Crippen molar-refractivity contribution >= 4 is 5.97 Å². The molecule has 1 rings (SSSR count). The molecule has 124 valence electrons. The molecular formula is C13H15F3O6. The van der Waals surface area contributed by atoms with E-state index in [4.69, 9.17) is 19.3 Å². The van der Waals surface area contributed by atoms with E-state index < -0.39 is 24.9 Å². The number of carbonyl (C=O) groups is 1. The molecule has 0 fully saturated rings. The lowest BCUT2D eigenvalue weighted by Gasteiger charge is -2.22. The van der Waals surface area contributed by atoms with Crippen molar-refractivity contribution in [3.63, 3.8) is 0 Å². The number of rotatable bonds is 7. The largest absolute Gasteiger partial charge is 0.493 e. The Morgan fingerprint density at radius 3 is 1.95 bits per heavy atom. The zero-order valence-corrected chi connectivity index (χ0v) is 12.1. The van der Waals surface area contributed by atoms with Gasteiger partial charge in [0.25, 0.3) is 0 Å². The minimum atomic E-state index is -4.81. The number of carboxylic acids is 1. The van der Waals surface area contributed by atoms with Crippen LogP contribution in [0.4, 0.5) is 13.2 Å². The standard InChI is InChI=1S/C13H15F3O6/c1-19-8-4-7(5-9(20-2)11(8)21-3)12(13(14,15)16)22-6-10(17)18/h4-5,12H,6H2,1-3H3,(H,17,18)/t12-/m1/s1. The topological polar surface area (TPSA) is 74.2 Å². The summed E-state index contributed by atoms with van der Waals surface area (Å²) in [5.74, 6) is -1.38. The Kier molecular flexibility index (Phi) is 5.86. The van der Waals surface area contributed by atoms with Crippen molar-refractivity contribution in [1.82, 2.24) is 0 Å². The molecule has 1 atom stereocenters. The number of methoxy groups -OCH3 is 3. The third kappa shape index (κ3) is 4.17. The molecule has 0 aliphatic heterocycles. The van der Waals surface area contributed by atoms with Gasteiger partial charge in [-0.3, -0.25) is 0 Å². The first-order valence-electron chi connectivity index (χ1n) is 5.94. The molecule has 6 nitrogen and oxygen atoms in total. The number of hydrogen-bond acceptors (Lipinski definition) is 5. The summed E-state index contributed by atoms with van der Waals surface area (Å²) in [5, 5.41) is 8.50. The van der Waals surface area contributed by atoms with Gasteiger partial charge in [-0.1, -0.05) is 0 Å². The number of benzene rings is 1. The van der Waals surface area contributed by atoms with E-state index in [1.807, 2.05) is 0 Å². The van der Waals surface area contributed by atoms with Gasteiger partial charge in [0.1, 0.15) is 6.61 Å². The van der Waals surface area contributed by atoms with Crippen LogP contribution in [0.15, 0.2) is 12.1 Å². The molecule has 1 aromatic carbocycles. The number of hydrogen-bond donors (Lipinski definition) is 1. The average Bonchev–Trinajstić information content (AvgIpc) is 2.44. The third-order valence-corrected chi connectivity index (χ3v) is 2.66. The summed E-state index contributed by atoms with van der Waals surface area (Å²) in [5.41, 5.74) is -0.358. The fraction of sp³-hybridized carbons (Fsp3) is 0.462. The van der Waals surface area contributed by atoms with Gasteiger partial charge < -0.3 is 24.1 Å². The van der Waals surface area contributed by atoms with Crippen LogP contribution in [0.2, 0.25) is 0 Å². The van der Waals surface area contributed by atoms with Crippen LogP contribution in [0.1, 0.15) is 11.7 Å². The molecule has 0 unspecified atom stereocenters. The zero-order valence-electron chi connectivity index (χ0n) is 12.1. The molecule has 0 heterocycles. The Balaban J connectivity index is 3.32. The smallest absolute Gasteiger partial charge is 0.418 e. The van der Waals surface area contributed by atoms with Crippen molar-refractivity contribution < 1.29 is 42.0 Å². The lowest BCUT2D eigenvalue weighted by Crippen LogP contribution is -2.26. The maximum atomic E-state index is 13.1. The molecule has 22 heavy (non-hydrogen) atoms. The minimum Gasteiger partial charge on any atom is -0.493 e. The number of ether oxygens (including phenoxy) is 4. The Morgan fingerprint density at radius 2 is 1.64 bits per heavy atom. The van der Waals surface area contributed by atoms with E-state index in [1.54, 1.807) is 0 Å². The first-order valence-corrected chi connectivity index (χ1v) is 5.94. The first-order chi connectivity index (χ1) is 10.2. The molecule has 0 saturated heterocycles. The Hall–Kier alpha value is -2.16. The predicted molar refractivity (Wildman–Crippen MR) is 68.5 cm³/mol. The predicted octanol–water partition coefficient (Wildman–Crippen LogP) is 2.42.